The summed E-state index contributed by atoms with van der Waals surface area (Å²) >= 11 is 13.2. The number of terminal acetylenes is 1. The monoisotopic (exact) mass is 572 g/mol. The van der Waals surface area contributed by atoms with E-state index in [1.807, 2.05) is 0 Å². The van der Waals surface area contributed by atoms with Crippen molar-refractivity contribution in [2.24, 2.45) is 5.41 Å². The molecule has 1 atom stereocenters. The molecule has 0 saturated heterocycles. The molecule has 7 nitrogen and oxygen atoms in total. The number of benzene rings is 1. The molecule has 1 saturated carbocycles. The van der Waals surface area contributed by atoms with Crippen LogP contribution in [-0.4, -0.2) is 33.5 Å². The van der Waals surface area contributed by atoms with Crippen LogP contribution in [0, 0.1) is 17.8 Å². The fraction of sp³-hybridized carbons (Fsp3) is 0.357. The van der Waals surface area contributed by atoms with Gasteiger partial charge in [-0.2, -0.15) is 0 Å². The molecule has 0 radical (unpaired) electrons. The van der Waals surface area contributed by atoms with Crippen LogP contribution in [0.3, 0.4) is 0 Å². The molecule has 2 aliphatic rings. The van der Waals surface area contributed by atoms with Gasteiger partial charge in [0.05, 0.1) is 34.9 Å². The number of alkyl halides is 2. The lowest BCUT2D eigenvalue weighted by molar-refractivity contribution is 0.00911. The lowest BCUT2D eigenvalue weighted by atomic mass is 9.96. The minimum Gasteiger partial charge on any atom is -0.383 e. The molecule has 0 unspecified atom stereocenters. The molecule has 0 spiro atoms. The Morgan fingerprint density at radius 2 is 2.05 bits per heavy atom. The molecule has 1 fully saturated rings. The van der Waals surface area contributed by atoms with E-state index < -0.39 is 18.0 Å². The van der Waals surface area contributed by atoms with Crippen LogP contribution in [0.2, 0.25) is 10.2 Å². The van der Waals surface area contributed by atoms with E-state index in [4.69, 9.17) is 29.6 Å². The van der Waals surface area contributed by atoms with Crippen molar-refractivity contribution in [2.45, 2.75) is 51.6 Å². The highest BCUT2D eigenvalue weighted by atomic mass is 35.5. The van der Waals surface area contributed by atoms with Crippen molar-refractivity contribution in [3.05, 3.63) is 69.9 Å². The summed E-state index contributed by atoms with van der Waals surface area (Å²) in [6, 6.07) is 4.97. The predicted molar refractivity (Wildman–Crippen MR) is 152 cm³/mol. The number of nitrogens with zero attached hydrogens (tertiary/aromatic N) is 3. The van der Waals surface area contributed by atoms with Crippen molar-refractivity contribution in [1.82, 2.24) is 25.9 Å². The average molecular weight is 573 g/mol. The van der Waals surface area contributed by atoms with Gasteiger partial charge in [-0.3, -0.25) is 9.99 Å². The van der Waals surface area contributed by atoms with Crippen LogP contribution in [0.4, 0.5) is 20.2 Å². The summed E-state index contributed by atoms with van der Waals surface area (Å²) < 4.78 is 37.3. The first-order chi connectivity index (χ1) is 18.9. The van der Waals surface area contributed by atoms with Crippen LogP contribution in [0.15, 0.2) is 48.6 Å². The Kier molecular flexibility index (Phi) is 6.88. The number of rotatable bonds is 8. The summed E-state index contributed by atoms with van der Waals surface area (Å²) in [6.07, 6.45) is 8.46. The second-order valence-electron chi connectivity index (χ2n) is 10.9. The number of pyridine rings is 2. The van der Waals surface area contributed by atoms with Gasteiger partial charge >= 0.3 is 0 Å². The third kappa shape index (κ3) is 5.42. The van der Waals surface area contributed by atoms with E-state index in [2.05, 4.69) is 58.3 Å². The van der Waals surface area contributed by atoms with Gasteiger partial charge in [0.15, 0.2) is 0 Å². The quantitative estimate of drug-likeness (QED) is 0.181. The molecule has 11 heteroatoms. The Balaban J connectivity index is 1.61. The second-order valence-corrected chi connectivity index (χ2v) is 11.6. The SMILES string of the molecule is [2H][C@](Nc1cc(Cl)c2ncc(C#C)c(NCC(C)(C)C)c2c1)(C1=CN(C2(C(F)F)CC2)NN1)c1cccnc1Cl. The Bertz CT molecular complexity index is 1530. The topological polar surface area (TPSA) is 77.1 Å². The van der Waals surface area contributed by atoms with Gasteiger partial charge in [-0.1, -0.05) is 56.0 Å². The minimum absolute atomic E-state index is 0.0366. The number of nitrogens with one attached hydrogen (secondary N) is 4. The lowest BCUT2D eigenvalue weighted by Crippen LogP contribution is -2.48. The molecule has 0 amide bonds. The van der Waals surface area contributed by atoms with E-state index in [0.29, 0.717) is 57.8 Å². The smallest absolute Gasteiger partial charge is 0.262 e. The predicted octanol–water partition coefficient (Wildman–Crippen LogP) is 6.49. The van der Waals surface area contributed by atoms with E-state index in [0.717, 1.165) is 0 Å². The van der Waals surface area contributed by atoms with Crippen LogP contribution in [0.1, 0.15) is 52.1 Å². The standard InChI is InChI=1S/C28H29Cl2F2N7/c1-5-16-13-34-23-19(22(16)35-15-27(2,3)4)11-17(12-20(23)29)36-24(18-7-6-10-33-25(18)30)21-14-39(38-37-21)28(8-9-28)26(31)32/h1,6-7,10-14,24,26,36-38H,8-9,15H2,2-4H3,(H,34,35)/t24-/m1/s1/i24D. The first-order valence-electron chi connectivity index (χ1n) is 12.9. The summed E-state index contributed by atoms with van der Waals surface area (Å²) in [5, 5.41) is 9.06. The molecular formula is C28H29Cl2F2N7. The van der Waals surface area contributed by atoms with Crippen LogP contribution < -0.4 is 21.6 Å². The van der Waals surface area contributed by atoms with Gasteiger partial charge in [0, 0.05) is 41.8 Å². The maximum Gasteiger partial charge on any atom is 0.262 e. The van der Waals surface area contributed by atoms with Crippen molar-refractivity contribution >= 4 is 45.5 Å². The van der Waals surface area contributed by atoms with E-state index in [1.165, 1.54) is 17.4 Å². The zero-order valence-electron chi connectivity index (χ0n) is 22.7. The van der Waals surface area contributed by atoms with Crippen molar-refractivity contribution in [3.63, 3.8) is 0 Å². The van der Waals surface area contributed by atoms with Gasteiger partial charge in [0.25, 0.3) is 6.43 Å². The fourth-order valence-electron chi connectivity index (χ4n) is 4.36. The summed E-state index contributed by atoms with van der Waals surface area (Å²) in [7, 11) is 0. The highest BCUT2D eigenvalue weighted by Gasteiger charge is 2.56. The highest BCUT2D eigenvalue weighted by molar-refractivity contribution is 6.36. The van der Waals surface area contributed by atoms with Crippen LogP contribution in [0.5, 0.6) is 0 Å². The number of hydrogen-bond acceptors (Lipinski definition) is 7. The summed E-state index contributed by atoms with van der Waals surface area (Å²) in [5.41, 5.74) is 7.12. The van der Waals surface area contributed by atoms with Crippen molar-refractivity contribution < 1.29 is 10.2 Å². The van der Waals surface area contributed by atoms with E-state index in [-0.39, 0.29) is 16.3 Å². The summed E-state index contributed by atoms with van der Waals surface area (Å²) in [6.45, 7) is 6.94. The van der Waals surface area contributed by atoms with E-state index >= 15 is 0 Å². The Morgan fingerprint density at radius 3 is 2.69 bits per heavy atom. The van der Waals surface area contributed by atoms with Crippen molar-refractivity contribution in [2.75, 3.05) is 17.2 Å². The zero-order chi connectivity index (χ0) is 28.9. The van der Waals surface area contributed by atoms with Crippen molar-refractivity contribution in [3.8, 4) is 12.3 Å². The molecule has 5 rings (SSSR count). The number of hydrazine groups is 2. The van der Waals surface area contributed by atoms with Crippen LogP contribution >= 0.6 is 23.2 Å². The third-order valence-corrected chi connectivity index (χ3v) is 7.25. The van der Waals surface area contributed by atoms with Crippen LogP contribution in [0.25, 0.3) is 10.9 Å². The molecule has 3 heterocycles. The highest BCUT2D eigenvalue weighted by Crippen LogP contribution is 2.47. The van der Waals surface area contributed by atoms with Gasteiger partial charge in [0.2, 0.25) is 0 Å². The Morgan fingerprint density at radius 1 is 1.28 bits per heavy atom. The van der Waals surface area contributed by atoms with Crippen molar-refractivity contribution in [1.29, 1.82) is 0 Å². The number of halogens is 4. The number of hydrogen-bond donors (Lipinski definition) is 4. The molecule has 1 aliphatic heterocycles. The summed E-state index contributed by atoms with van der Waals surface area (Å²) in [5.74, 6) is 2.68. The molecule has 0 bridgehead atoms. The minimum atomic E-state index is -2.57. The molecule has 39 heavy (non-hydrogen) atoms. The third-order valence-electron chi connectivity index (χ3n) is 6.66. The van der Waals surface area contributed by atoms with Gasteiger partial charge < -0.3 is 16.1 Å². The average Bonchev–Trinajstić information content (AvgIpc) is 3.56. The molecular weight excluding hydrogens is 543 g/mol. The Hall–Kier alpha value is -3.32. The molecule has 1 aliphatic carbocycles. The van der Waals surface area contributed by atoms with Gasteiger partial charge in [0.1, 0.15) is 10.7 Å². The molecule has 204 valence electrons. The Labute approximate surface area is 237 Å². The van der Waals surface area contributed by atoms with Gasteiger partial charge in [-0.05, 0) is 36.5 Å². The summed E-state index contributed by atoms with van der Waals surface area (Å²) in [4.78, 5) is 8.62. The first-order valence-corrected chi connectivity index (χ1v) is 13.2. The van der Waals surface area contributed by atoms with Crippen LogP contribution in [-0.2, 0) is 0 Å². The lowest BCUT2D eigenvalue weighted by Gasteiger charge is -2.25. The normalized spacial score (nSPS) is 18.2. The second kappa shape index (κ2) is 10.3. The maximum absolute atomic E-state index is 13.8. The van der Waals surface area contributed by atoms with E-state index in [9.17, 15) is 10.2 Å². The first kappa shape index (κ1) is 25.9. The largest absolute Gasteiger partial charge is 0.383 e. The number of fused-ring (bicyclic) bond motifs is 1. The zero-order valence-corrected chi connectivity index (χ0v) is 23.2. The molecule has 1 aromatic carbocycles. The molecule has 2 aromatic heterocycles. The number of aromatic nitrogens is 2. The fourth-order valence-corrected chi connectivity index (χ4v) is 4.84. The van der Waals surface area contributed by atoms with Gasteiger partial charge in [-0.25, -0.2) is 13.8 Å². The van der Waals surface area contributed by atoms with E-state index in [1.54, 1.807) is 30.5 Å². The number of anilines is 2. The molecule has 3 aromatic rings. The maximum atomic E-state index is 13.8. The molecule has 4 N–H and O–H groups in total. The van der Waals surface area contributed by atoms with Gasteiger partial charge in [-0.15, -0.1) is 12.0 Å².